The Kier molecular flexibility index (Phi) is 7.66. The summed E-state index contributed by atoms with van der Waals surface area (Å²) in [6, 6.07) is 5.05. The fourth-order valence-electron chi connectivity index (χ4n) is 3.31. The van der Waals surface area contributed by atoms with Crippen LogP contribution in [0.5, 0.6) is 5.75 Å². The molecule has 8 nitrogen and oxygen atoms in total. The number of methoxy groups -OCH3 is 1. The summed E-state index contributed by atoms with van der Waals surface area (Å²) in [4.78, 5) is 17.9. The number of Topliss-reactive ketones (excluding diaryl/α,β-unsaturated/α-hetero) is 1. The molecule has 1 aromatic rings. The molecule has 2 rings (SSSR count). The number of hydrogen-bond donors (Lipinski definition) is 2. The topological polar surface area (TPSA) is 114 Å². The number of ketones is 1. The molecule has 0 spiro atoms. The van der Waals surface area contributed by atoms with Crippen molar-refractivity contribution < 1.29 is 27.9 Å². The van der Waals surface area contributed by atoms with Crippen molar-refractivity contribution in [2.75, 3.05) is 24.7 Å². The summed E-state index contributed by atoms with van der Waals surface area (Å²) in [5.41, 5.74) is 1.72. The summed E-state index contributed by atoms with van der Waals surface area (Å²) in [5, 5.41) is 14.6. The third kappa shape index (κ3) is 5.96. The lowest BCUT2D eigenvalue weighted by Crippen LogP contribution is -2.24. The summed E-state index contributed by atoms with van der Waals surface area (Å²) >= 11 is 0. The maximum absolute atomic E-state index is 12.8. The van der Waals surface area contributed by atoms with Gasteiger partial charge >= 0.3 is 0 Å². The van der Waals surface area contributed by atoms with Crippen LogP contribution in [0.4, 0.5) is 5.69 Å². The molecule has 2 N–H and O–H groups in total. The summed E-state index contributed by atoms with van der Waals surface area (Å²) in [7, 11) is -2.05. The standard InChI is InChI=1S/C20H28N2O6S/c1-5-7-15(21-28-6-2)20-17(23)11-14(12-18(20)24)13-8-9-19(27-3)16(10-13)22-29(4,25)26/h8-10,14,22-23H,5-7,11-12H2,1-4H3/b21-15+. The number of benzene rings is 1. The van der Waals surface area contributed by atoms with Crippen molar-refractivity contribution in [3.63, 3.8) is 0 Å². The highest BCUT2D eigenvalue weighted by molar-refractivity contribution is 7.92. The van der Waals surface area contributed by atoms with Crippen molar-refractivity contribution in [2.45, 2.75) is 45.4 Å². The number of carbonyl (C=O) groups is 1. The zero-order chi connectivity index (χ0) is 21.6. The first-order chi connectivity index (χ1) is 13.7. The Morgan fingerprint density at radius 2 is 2.03 bits per heavy atom. The third-order valence-corrected chi connectivity index (χ3v) is 5.10. The molecule has 9 heteroatoms. The van der Waals surface area contributed by atoms with E-state index in [0.717, 1.165) is 18.2 Å². The van der Waals surface area contributed by atoms with Gasteiger partial charge in [-0.25, -0.2) is 8.42 Å². The first-order valence-electron chi connectivity index (χ1n) is 9.50. The quantitative estimate of drug-likeness (QED) is 0.463. The number of aliphatic hydroxyl groups excluding tert-OH is 1. The number of aliphatic hydroxyl groups is 1. The number of allylic oxidation sites excluding steroid dienone is 2. The maximum Gasteiger partial charge on any atom is 0.229 e. The predicted octanol–water partition coefficient (Wildman–Crippen LogP) is 3.52. The molecular formula is C20H28N2O6S. The van der Waals surface area contributed by atoms with Gasteiger partial charge in [-0.2, -0.15) is 0 Å². The van der Waals surface area contributed by atoms with Crippen molar-refractivity contribution in [1.29, 1.82) is 0 Å². The van der Waals surface area contributed by atoms with Gasteiger partial charge in [0.1, 0.15) is 18.1 Å². The second-order valence-corrected chi connectivity index (χ2v) is 8.64. The molecule has 0 amide bonds. The third-order valence-electron chi connectivity index (χ3n) is 4.51. The molecule has 0 saturated heterocycles. The Morgan fingerprint density at radius 3 is 2.59 bits per heavy atom. The number of oxime groups is 1. The van der Waals surface area contributed by atoms with Gasteiger partial charge < -0.3 is 14.7 Å². The monoisotopic (exact) mass is 424 g/mol. The van der Waals surface area contributed by atoms with E-state index in [-0.39, 0.29) is 35.9 Å². The van der Waals surface area contributed by atoms with Crippen LogP contribution in [-0.4, -0.2) is 45.0 Å². The molecule has 0 bridgehead atoms. The normalized spacial score (nSPS) is 18.0. The zero-order valence-electron chi connectivity index (χ0n) is 17.2. The van der Waals surface area contributed by atoms with E-state index in [4.69, 9.17) is 9.57 Å². The minimum atomic E-state index is -3.50. The van der Waals surface area contributed by atoms with Crippen LogP contribution in [0.25, 0.3) is 0 Å². The molecule has 0 heterocycles. The average Bonchev–Trinajstić information content (AvgIpc) is 2.64. The largest absolute Gasteiger partial charge is 0.511 e. The van der Waals surface area contributed by atoms with E-state index in [1.807, 2.05) is 6.92 Å². The first kappa shape index (κ1) is 22.7. The average molecular weight is 425 g/mol. The highest BCUT2D eigenvalue weighted by atomic mass is 32.2. The fourth-order valence-corrected chi connectivity index (χ4v) is 3.87. The van der Waals surface area contributed by atoms with E-state index in [0.29, 0.717) is 30.2 Å². The van der Waals surface area contributed by atoms with Crippen LogP contribution in [0, 0.1) is 0 Å². The molecule has 0 aromatic heterocycles. The lowest BCUT2D eigenvalue weighted by molar-refractivity contribution is -0.116. The zero-order valence-corrected chi connectivity index (χ0v) is 18.0. The number of sulfonamides is 1. The van der Waals surface area contributed by atoms with Crippen molar-refractivity contribution in [3.8, 4) is 5.75 Å². The number of rotatable bonds is 9. The van der Waals surface area contributed by atoms with Crippen molar-refractivity contribution >= 4 is 27.2 Å². The molecule has 0 saturated carbocycles. The van der Waals surface area contributed by atoms with E-state index >= 15 is 0 Å². The van der Waals surface area contributed by atoms with Gasteiger partial charge in [0.2, 0.25) is 10.0 Å². The maximum atomic E-state index is 12.8. The summed E-state index contributed by atoms with van der Waals surface area (Å²) < 4.78 is 30.9. The molecule has 0 fully saturated rings. The van der Waals surface area contributed by atoms with Crippen LogP contribution in [0.15, 0.2) is 34.7 Å². The van der Waals surface area contributed by atoms with Crippen molar-refractivity contribution in [3.05, 3.63) is 35.1 Å². The van der Waals surface area contributed by atoms with Gasteiger partial charge in [-0.1, -0.05) is 24.6 Å². The molecule has 1 unspecified atom stereocenters. The summed E-state index contributed by atoms with van der Waals surface area (Å²) in [5.74, 6) is -0.145. The van der Waals surface area contributed by atoms with Crippen LogP contribution in [-0.2, 0) is 19.7 Å². The number of nitrogens with zero attached hydrogens (tertiary/aromatic N) is 1. The first-order valence-corrected chi connectivity index (χ1v) is 11.4. The SMILES string of the molecule is CCC/C(=N\OCC)C1=C(O)CC(c2ccc(OC)c(NS(C)(=O)=O)c2)CC1=O. The van der Waals surface area contributed by atoms with Gasteiger partial charge in [0.25, 0.3) is 0 Å². The van der Waals surface area contributed by atoms with E-state index < -0.39 is 10.0 Å². The van der Waals surface area contributed by atoms with Crippen LogP contribution in [0.1, 0.15) is 51.0 Å². The van der Waals surface area contributed by atoms with Gasteiger partial charge in [-0.05, 0) is 37.0 Å². The Morgan fingerprint density at radius 1 is 1.31 bits per heavy atom. The minimum Gasteiger partial charge on any atom is -0.511 e. The van der Waals surface area contributed by atoms with E-state index in [1.165, 1.54) is 7.11 Å². The molecule has 29 heavy (non-hydrogen) atoms. The minimum absolute atomic E-state index is 0.0217. The van der Waals surface area contributed by atoms with Gasteiger partial charge in [0.15, 0.2) is 5.78 Å². The Labute approximate surface area is 171 Å². The Balaban J connectivity index is 2.37. The predicted molar refractivity (Wildman–Crippen MR) is 112 cm³/mol. The number of ether oxygens (including phenoxy) is 1. The second kappa shape index (κ2) is 9.78. The lowest BCUT2D eigenvalue weighted by atomic mass is 9.80. The van der Waals surface area contributed by atoms with Crippen LogP contribution < -0.4 is 9.46 Å². The molecule has 0 radical (unpaired) electrons. The number of hydrogen-bond acceptors (Lipinski definition) is 7. The van der Waals surface area contributed by atoms with Crippen LogP contribution in [0.3, 0.4) is 0 Å². The van der Waals surface area contributed by atoms with Gasteiger partial charge in [-0.15, -0.1) is 0 Å². The smallest absolute Gasteiger partial charge is 0.229 e. The Bertz CT molecular complexity index is 921. The van der Waals surface area contributed by atoms with Crippen LogP contribution >= 0.6 is 0 Å². The lowest BCUT2D eigenvalue weighted by Gasteiger charge is -2.25. The molecule has 1 aliphatic carbocycles. The van der Waals surface area contributed by atoms with E-state index in [2.05, 4.69) is 9.88 Å². The summed E-state index contributed by atoms with van der Waals surface area (Å²) in [6.45, 7) is 4.13. The van der Waals surface area contributed by atoms with Gasteiger partial charge in [-0.3, -0.25) is 9.52 Å². The van der Waals surface area contributed by atoms with Crippen molar-refractivity contribution in [2.24, 2.45) is 5.16 Å². The second-order valence-electron chi connectivity index (χ2n) is 6.89. The van der Waals surface area contributed by atoms with E-state index in [1.54, 1.807) is 25.1 Å². The fraction of sp³-hybridized carbons (Fsp3) is 0.500. The highest BCUT2D eigenvalue weighted by Gasteiger charge is 2.32. The molecule has 1 aromatic carbocycles. The Hall–Kier alpha value is -2.55. The molecular weight excluding hydrogens is 396 g/mol. The highest BCUT2D eigenvalue weighted by Crippen LogP contribution is 2.37. The van der Waals surface area contributed by atoms with Crippen molar-refractivity contribution in [1.82, 2.24) is 0 Å². The molecule has 1 atom stereocenters. The van der Waals surface area contributed by atoms with Crippen LogP contribution in [0.2, 0.25) is 0 Å². The number of anilines is 1. The number of nitrogens with one attached hydrogen (secondary N) is 1. The molecule has 160 valence electrons. The number of carbonyl (C=O) groups excluding carboxylic acids is 1. The molecule has 0 aliphatic heterocycles. The molecule has 1 aliphatic rings. The van der Waals surface area contributed by atoms with E-state index in [9.17, 15) is 18.3 Å². The van der Waals surface area contributed by atoms with Gasteiger partial charge in [0, 0.05) is 12.8 Å². The van der Waals surface area contributed by atoms with Gasteiger partial charge in [0.05, 0.1) is 30.3 Å². The summed E-state index contributed by atoms with van der Waals surface area (Å²) in [6.07, 6.45) is 2.77.